The molecule has 102 valence electrons. The molecule has 2 heterocycles. The highest BCUT2D eigenvalue weighted by Gasteiger charge is 2.14. The second-order valence-electron chi connectivity index (χ2n) is 4.29. The van der Waals surface area contributed by atoms with Crippen molar-refractivity contribution < 1.29 is 4.79 Å². The summed E-state index contributed by atoms with van der Waals surface area (Å²) in [5, 5.41) is 6.97. The van der Waals surface area contributed by atoms with Gasteiger partial charge in [0.15, 0.2) is 5.65 Å². The van der Waals surface area contributed by atoms with E-state index >= 15 is 0 Å². The summed E-state index contributed by atoms with van der Waals surface area (Å²) in [5.41, 5.74) is 0.726. The fourth-order valence-corrected chi connectivity index (χ4v) is 2.66. The van der Waals surface area contributed by atoms with Gasteiger partial charge in [-0.15, -0.1) is 11.8 Å². The Balaban J connectivity index is 2.00. The van der Waals surface area contributed by atoms with Crippen LogP contribution in [0.25, 0.3) is 5.65 Å². The van der Waals surface area contributed by atoms with Gasteiger partial charge in [0.05, 0.1) is 11.4 Å². The molecule has 0 aliphatic carbocycles. The number of hydrogen-bond donors (Lipinski definition) is 1. The number of nitrogens with one attached hydrogen (secondary N) is 1. The molecule has 0 fully saturated rings. The van der Waals surface area contributed by atoms with Crippen molar-refractivity contribution in [1.82, 2.24) is 14.6 Å². The van der Waals surface area contributed by atoms with E-state index in [2.05, 4.69) is 22.3 Å². The topological polar surface area (TPSA) is 59.3 Å². The molecule has 0 unspecified atom stereocenters. The Bertz CT molecular complexity index is 554. The number of carbonyl (C=O) groups is 1. The van der Waals surface area contributed by atoms with Crippen LogP contribution in [0, 0.1) is 0 Å². The summed E-state index contributed by atoms with van der Waals surface area (Å²) in [4.78, 5) is 16.2. The number of hydrogen-bond acceptors (Lipinski definition) is 4. The predicted molar refractivity (Wildman–Crippen MR) is 78.4 cm³/mol. The van der Waals surface area contributed by atoms with Gasteiger partial charge in [-0.25, -0.2) is 4.98 Å². The first kappa shape index (κ1) is 13.9. The molecule has 1 amide bonds. The number of aromatic nitrogens is 3. The monoisotopic (exact) mass is 278 g/mol. The number of rotatable bonds is 6. The molecule has 0 radical (unpaired) electrons. The van der Waals surface area contributed by atoms with E-state index in [0.717, 1.165) is 24.2 Å². The second-order valence-corrected chi connectivity index (χ2v) is 5.74. The van der Waals surface area contributed by atoms with E-state index in [1.54, 1.807) is 40.8 Å². The number of fused-ring (bicyclic) bond motifs is 1. The highest BCUT2D eigenvalue weighted by Crippen LogP contribution is 2.15. The Morgan fingerprint density at radius 3 is 3.11 bits per heavy atom. The Morgan fingerprint density at radius 2 is 2.32 bits per heavy atom. The molecule has 0 aromatic carbocycles. The van der Waals surface area contributed by atoms with E-state index in [-0.39, 0.29) is 11.2 Å². The Labute approximate surface area is 116 Å². The summed E-state index contributed by atoms with van der Waals surface area (Å²) in [6.45, 7) is 4.08. The molecule has 19 heavy (non-hydrogen) atoms. The fraction of sp³-hybridized carbons (Fsp3) is 0.462. The van der Waals surface area contributed by atoms with Crippen LogP contribution in [-0.2, 0) is 4.79 Å². The SMILES string of the molecule is CCCCS[C@H](C)C(=O)Nc1ccnc2ccnn12. The fourth-order valence-electron chi connectivity index (χ4n) is 1.64. The molecule has 0 bridgehead atoms. The van der Waals surface area contributed by atoms with E-state index in [1.165, 1.54) is 0 Å². The van der Waals surface area contributed by atoms with Crippen molar-refractivity contribution in [3.05, 3.63) is 24.5 Å². The van der Waals surface area contributed by atoms with Crippen LogP contribution in [0.3, 0.4) is 0 Å². The molecule has 5 nitrogen and oxygen atoms in total. The van der Waals surface area contributed by atoms with Gasteiger partial charge < -0.3 is 5.32 Å². The molecule has 6 heteroatoms. The molecule has 1 N–H and O–H groups in total. The first-order valence-corrected chi connectivity index (χ1v) is 7.48. The third-order valence-corrected chi connectivity index (χ3v) is 4.01. The van der Waals surface area contributed by atoms with E-state index in [4.69, 9.17) is 0 Å². The number of nitrogens with zero attached hydrogens (tertiary/aromatic N) is 3. The van der Waals surface area contributed by atoms with Gasteiger partial charge in [0.2, 0.25) is 5.91 Å². The van der Waals surface area contributed by atoms with Crippen LogP contribution in [0.4, 0.5) is 5.82 Å². The highest BCUT2D eigenvalue weighted by atomic mass is 32.2. The van der Waals surface area contributed by atoms with Gasteiger partial charge in [-0.3, -0.25) is 4.79 Å². The van der Waals surface area contributed by atoms with Crippen molar-refractivity contribution in [2.75, 3.05) is 11.1 Å². The smallest absolute Gasteiger partial charge is 0.238 e. The summed E-state index contributed by atoms with van der Waals surface area (Å²) < 4.78 is 1.63. The van der Waals surface area contributed by atoms with Gasteiger partial charge in [-0.05, 0) is 25.2 Å². The average molecular weight is 278 g/mol. The minimum atomic E-state index is -0.0645. The molecule has 2 aromatic rings. The maximum Gasteiger partial charge on any atom is 0.238 e. The summed E-state index contributed by atoms with van der Waals surface area (Å²) >= 11 is 1.68. The summed E-state index contributed by atoms with van der Waals surface area (Å²) in [5.74, 6) is 1.67. The van der Waals surface area contributed by atoms with Crippen molar-refractivity contribution in [2.24, 2.45) is 0 Å². The highest BCUT2D eigenvalue weighted by molar-refractivity contribution is 8.00. The van der Waals surface area contributed by atoms with Gasteiger partial charge in [-0.2, -0.15) is 9.61 Å². The Hall–Kier alpha value is -1.56. The van der Waals surface area contributed by atoms with Crippen molar-refractivity contribution >= 4 is 29.1 Å². The molecule has 0 aliphatic heterocycles. The number of amides is 1. The first-order valence-electron chi connectivity index (χ1n) is 6.43. The van der Waals surface area contributed by atoms with Crippen LogP contribution in [0.2, 0.25) is 0 Å². The van der Waals surface area contributed by atoms with Crippen LogP contribution in [-0.4, -0.2) is 31.5 Å². The van der Waals surface area contributed by atoms with Crippen molar-refractivity contribution in [1.29, 1.82) is 0 Å². The van der Waals surface area contributed by atoms with Crippen molar-refractivity contribution in [3.63, 3.8) is 0 Å². The first-order chi connectivity index (χ1) is 9.22. The minimum absolute atomic E-state index is 0.00380. The molecule has 2 aromatic heterocycles. The number of thioether (sulfide) groups is 1. The standard InChI is InChI=1S/C13H18N4OS/c1-3-4-9-19-10(2)13(18)16-12-5-7-14-11-6-8-15-17(11)12/h5-8,10H,3-4,9H2,1-2H3,(H,16,18)/t10-/m1/s1. The lowest BCUT2D eigenvalue weighted by molar-refractivity contribution is -0.115. The molecular weight excluding hydrogens is 260 g/mol. The maximum absolute atomic E-state index is 12.1. The van der Waals surface area contributed by atoms with E-state index in [1.807, 2.05) is 6.92 Å². The van der Waals surface area contributed by atoms with E-state index in [9.17, 15) is 4.79 Å². The van der Waals surface area contributed by atoms with Gasteiger partial charge in [0, 0.05) is 12.3 Å². The molecule has 0 saturated heterocycles. The number of anilines is 1. The van der Waals surface area contributed by atoms with E-state index in [0.29, 0.717) is 5.82 Å². The lowest BCUT2D eigenvalue weighted by Crippen LogP contribution is -2.24. The summed E-state index contributed by atoms with van der Waals surface area (Å²) in [7, 11) is 0. The van der Waals surface area contributed by atoms with Gasteiger partial charge in [-0.1, -0.05) is 13.3 Å². The van der Waals surface area contributed by atoms with Crippen LogP contribution < -0.4 is 5.32 Å². The van der Waals surface area contributed by atoms with Gasteiger partial charge >= 0.3 is 0 Å². The van der Waals surface area contributed by atoms with Gasteiger partial charge in [0.1, 0.15) is 5.82 Å². The minimum Gasteiger partial charge on any atom is -0.310 e. The van der Waals surface area contributed by atoms with Crippen LogP contribution in [0.5, 0.6) is 0 Å². The molecule has 1 atom stereocenters. The summed E-state index contributed by atoms with van der Waals surface area (Å²) in [6, 6.07) is 3.55. The van der Waals surface area contributed by atoms with E-state index < -0.39 is 0 Å². The number of carbonyl (C=O) groups excluding carboxylic acids is 1. The Morgan fingerprint density at radius 1 is 1.47 bits per heavy atom. The Kier molecular flexibility index (Phi) is 4.79. The van der Waals surface area contributed by atoms with Crippen molar-refractivity contribution in [3.8, 4) is 0 Å². The maximum atomic E-state index is 12.1. The average Bonchev–Trinajstić information content (AvgIpc) is 2.88. The van der Waals surface area contributed by atoms with Crippen LogP contribution in [0.15, 0.2) is 24.5 Å². The van der Waals surface area contributed by atoms with Crippen LogP contribution in [0.1, 0.15) is 26.7 Å². The van der Waals surface area contributed by atoms with Crippen LogP contribution >= 0.6 is 11.8 Å². The second kappa shape index (κ2) is 6.56. The van der Waals surface area contributed by atoms with Gasteiger partial charge in [0.25, 0.3) is 0 Å². The summed E-state index contributed by atoms with van der Waals surface area (Å²) in [6.07, 6.45) is 5.62. The zero-order valence-corrected chi connectivity index (χ0v) is 12.0. The predicted octanol–water partition coefficient (Wildman–Crippen LogP) is 2.59. The molecule has 0 aliphatic rings. The quantitative estimate of drug-likeness (QED) is 0.825. The molecule has 0 saturated carbocycles. The molecular formula is C13H18N4OS. The zero-order valence-electron chi connectivity index (χ0n) is 11.2. The zero-order chi connectivity index (χ0) is 13.7. The third-order valence-electron chi connectivity index (χ3n) is 2.78. The number of unbranched alkanes of at least 4 members (excludes halogenated alkanes) is 1. The molecule has 0 spiro atoms. The van der Waals surface area contributed by atoms with Crippen molar-refractivity contribution in [2.45, 2.75) is 31.9 Å². The largest absolute Gasteiger partial charge is 0.310 e. The lowest BCUT2D eigenvalue weighted by atomic mass is 10.4. The third kappa shape index (κ3) is 3.47. The molecule has 2 rings (SSSR count). The normalized spacial score (nSPS) is 12.5. The lowest BCUT2D eigenvalue weighted by Gasteiger charge is -2.12.